The second-order valence-electron chi connectivity index (χ2n) is 25.7. The third kappa shape index (κ3) is 10.2. The molecule has 0 aliphatic heterocycles. The van der Waals surface area contributed by atoms with Gasteiger partial charge in [-0.1, -0.05) is 27.7 Å². The van der Waals surface area contributed by atoms with Crippen LogP contribution >= 0.6 is 0 Å². The van der Waals surface area contributed by atoms with Crippen molar-refractivity contribution in [3.8, 4) is 0 Å². The number of nitrogen functional groups attached to an aromatic ring is 1. The predicted octanol–water partition coefficient (Wildman–Crippen LogP) is 9.36. The normalized spacial score (nSPS) is 42.3. The van der Waals surface area contributed by atoms with Crippen LogP contribution in [0.5, 0.6) is 0 Å². The number of aromatic nitrogens is 4. The molecule has 8 saturated carbocycles. The molecule has 0 spiro atoms. The van der Waals surface area contributed by atoms with Gasteiger partial charge in [-0.15, -0.1) is 0 Å². The van der Waals surface area contributed by atoms with Crippen LogP contribution in [-0.4, -0.2) is 70.4 Å². The molecule has 0 aromatic carbocycles. The number of amides is 1. The van der Waals surface area contributed by atoms with E-state index in [1.165, 1.54) is 85.0 Å². The Morgan fingerprint density at radius 3 is 1.41 bits per heavy atom. The van der Waals surface area contributed by atoms with Gasteiger partial charge in [-0.2, -0.15) is 10.2 Å². The van der Waals surface area contributed by atoms with Gasteiger partial charge in [0, 0.05) is 45.0 Å². The number of carbonyl (C=O) groups is 5. The molecular weight excluding hydrogens is 885 g/mol. The SMILES string of the molecule is CC(=O)Nc1cnn(CC(=O)[C@H]2CC[C@H]3[C@@H]4CC[C@@H]5C[C@](C)(O)CC[C@]5(C)[C@H]4CC[C@]23C)c1.CC(=O)OC(C)=O.C[C@@]1(O)CC[C@@]2(C)[C@H](CC[C@@H]3[C@@H]2CC[C@]2(C)[C@@H](C(=O)Cn4cc(N)cn4)CC[C@@H]32)C1. The Morgan fingerprint density at radius 2 is 1.01 bits per heavy atom. The number of fused-ring (bicyclic) bond motifs is 10. The van der Waals surface area contributed by atoms with E-state index in [2.05, 4.69) is 47.9 Å². The van der Waals surface area contributed by atoms with E-state index < -0.39 is 23.1 Å². The van der Waals surface area contributed by atoms with Crippen LogP contribution in [0.4, 0.5) is 11.4 Å². The first-order valence-electron chi connectivity index (χ1n) is 27.0. The minimum Gasteiger partial charge on any atom is -0.396 e. The number of Topliss-reactive ketones (excluding diaryl/α,β-unsaturated/α-hetero) is 2. The smallest absolute Gasteiger partial charge is 0.310 e. The monoisotopic (exact) mass is 971 g/mol. The molecule has 8 aliphatic rings. The highest BCUT2D eigenvalue weighted by molar-refractivity contribution is 5.88. The third-order valence-corrected chi connectivity index (χ3v) is 21.2. The van der Waals surface area contributed by atoms with Gasteiger partial charge in [0.1, 0.15) is 0 Å². The Bertz CT molecular complexity index is 2270. The van der Waals surface area contributed by atoms with Crippen molar-refractivity contribution in [3.05, 3.63) is 24.8 Å². The summed E-state index contributed by atoms with van der Waals surface area (Å²) in [5.74, 6) is 5.25. The summed E-state index contributed by atoms with van der Waals surface area (Å²) in [6.45, 7) is 18.4. The van der Waals surface area contributed by atoms with Crippen molar-refractivity contribution in [1.82, 2.24) is 19.6 Å². The molecule has 5 N–H and O–H groups in total. The van der Waals surface area contributed by atoms with Crippen LogP contribution in [0, 0.1) is 80.8 Å². The summed E-state index contributed by atoms with van der Waals surface area (Å²) in [7, 11) is 0. The number of aliphatic hydroxyl groups is 2. The lowest BCUT2D eigenvalue weighted by Crippen LogP contribution is -2.55. The van der Waals surface area contributed by atoms with E-state index in [0.717, 1.165) is 75.0 Å². The summed E-state index contributed by atoms with van der Waals surface area (Å²) < 4.78 is 7.36. The number of carbonyl (C=O) groups excluding carboxylic acids is 5. The molecule has 8 aliphatic carbocycles. The summed E-state index contributed by atoms with van der Waals surface area (Å²) in [5, 5.41) is 32.7. The average Bonchev–Trinajstić information content (AvgIpc) is 4.05. The maximum Gasteiger partial charge on any atom is 0.310 e. The number of ketones is 2. The van der Waals surface area contributed by atoms with Gasteiger partial charge in [0.25, 0.3) is 0 Å². The van der Waals surface area contributed by atoms with Crippen LogP contribution in [0.25, 0.3) is 0 Å². The topological polar surface area (TPSA) is 209 Å². The number of ether oxygens (including phenoxy) is 1. The number of hydrogen-bond acceptors (Lipinski definition) is 11. The molecule has 0 radical (unpaired) electrons. The maximum atomic E-state index is 13.5. The number of nitrogens with zero attached hydrogens (tertiary/aromatic N) is 4. The van der Waals surface area contributed by atoms with Crippen LogP contribution < -0.4 is 11.1 Å². The fourth-order valence-electron chi connectivity index (χ4n) is 17.8. The number of nitrogens with one attached hydrogen (secondary N) is 1. The van der Waals surface area contributed by atoms with Crippen LogP contribution in [0.1, 0.15) is 178 Å². The van der Waals surface area contributed by atoms with Crippen molar-refractivity contribution in [2.45, 2.75) is 202 Å². The summed E-state index contributed by atoms with van der Waals surface area (Å²) in [6, 6.07) is 0. The molecule has 16 atom stereocenters. The molecule has 70 heavy (non-hydrogen) atoms. The standard InChI is InChI=1S/C27H41N3O3.C25H39N3O2.C4H6O3/c1-17(31)29-19-14-28-30(15-19)16-24(32)23-8-7-21-20-6-5-18-13-25(2,33)11-12-26(18,3)22(20)9-10-27(21,23)4;1-23(30)10-11-24(2)16(12-23)4-5-18-19-6-7-21(25(19,3)9-8-20(18)24)22(29)15-28-14-17(26)13-27-28;1-3(5)7-4(2)6/h14-15,18,20-23,33H,5-13,16H2,1-4H3,(H,29,31);13-14,16,18-21,30H,4-12,15,26H2,1-3H3;1-2H3/t18-,20+,21+,22+,23-,25-,26+,27+;16-,18+,19+,20+,21-,23-,24+,25+;/m11./s1. The van der Waals surface area contributed by atoms with E-state index in [-0.39, 0.29) is 35.1 Å². The van der Waals surface area contributed by atoms with Gasteiger partial charge >= 0.3 is 11.9 Å². The number of nitrogens with two attached hydrogens (primary N) is 1. The van der Waals surface area contributed by atoms with Gasteiger partial charge in [-0.25, -0.2) is 0 Å². The third-order valence-electron chi connectivity index (χ3n) is 21.2. The van der Waals surface area contributed by atoms with Gasteiger partial charge < -0.3 is 26.0 Å². The molecule has 14 heteroatoms. The first kappa shape index (κ1) is 52.4. The van der Waals surface area contributed by atoms with E-state index in [0.29, 0.717) is 64.0 Å². The molecule has 2 heterocycles. The second kappa shape index (κ2) is 19.5. The summed E-state index contributed by atoms with van der Waals surface area (Å²) in [6.07, 6.45) is 27.1. The molecule has 14 nitrogen and oxygen atoms in total. The van der Waals surface area contributed by atoms with Crippen LogP contribution in [-0.2, 0) is 41.8 Å². The zero-order valence-electron chi connectivity index (χ0n) is 43.9. The van der Waals surface area contributed by atoms with Gasteiger partial charge in [0.05, 0.1) is 48.1 Å². The zero-order chi connectivity index (χ0) is 50.8. The Balaban J connectivity index is 0.000000166. The summed E-state index contributed by atoms with van der Waals surface area (Å²) >= 11 is 0. The molecule has 8 fully saturated rings. The Morgan fingerprint density at radius 1 is 0.586 bits per heavy atom. The molecule has 2 aromatic rings. The average molecular weight is 971 g/mol. The molecule has 388 valence electrons. The molecule has 0 saturated heterocycles. The summed E-state index contributed by atoms with van der Waals surface area (Å²) in [4.78, 5) is 57.6. The van der Waals surface area contributed by atoms with Crippen LogP contribution in [0.15, 0.2) is 24.8 Å². The first-order chi connectivity index (χ1) is 32.8. The largest absolute Gasteiger partial charge is 0.396 e. The van der Waals surface area contributed by atoms with E-state index >= 15 is 0 Å². The fourth-order valence-corrected chi connectivity index (χ4v) is 17.8. The van der Waals surface area contributed by atoms with Gasteiger partial charge in [-0.05, 0) is 198 Å². The Kier molecular flexibility index (Phi) is 14.6. The molecule has 0 bridgehead atoms. The molecule has 10 rings (SSSR count). The van der Waals surface area contributed by atoms with Crippen LogP contribution in [0.2, 0.25) is 0 Å². The van der Waals surface area contributed by atoms with E-state index in [1.807, 2.05) is 13.8 Å². The molecule has 1 amide bonds. The van der Waals surface area contributed by atoms with Gasteiger partial charge in [-0.3, -0.25) is 33.3 Å². The zero-order valence-corrected chi connectivity index (χ0v) is 43.9. The molecule has 2 aromatic heterocycles. The van der Waals surface area contributed by atoms with Crippen molar-refractivity contribution in [2.24, 2.45) is 80.8 Å². The highest BCUT2D eigenvalue weighted by atomic mass is 16.6. The van der Waals surface area contributed by atoms with Crippen molar-refractivity contribution in [2.75, 3.05) is 11.1 Å². The van der Waals surface area contributed by atoms with Crippen LogP contribution in [0.3, 0.4) is 0 Å². The van der Waals surface area contributed by atoms with E-state index in [4.69, 9.17) is 5.73 Å². The number of anilines is 2. The second-order valence-corrected chi connectivity index (χ2v) is 25.7. The quantitative estimate of drug-likeness (QED) is 0.152. The first-order valence-corrected chi connectivity index (χ1v) is 27.0. The minimum absolute atomic E-state index is 0.0925. The fraction of sp³-hybridized carbons (Fsp3) is 0.804. The minimum atomic E-state index is -0.562. The summed E-state index contributed by atoms with van der Waals surface area (Å²) in [5.41, 5.74) is 7.05. The Hall–Kier alpha value is -3.91. The Labute approximate surface area is 416 Å². The van der Waals surface area contributed by atoms with Gasteiger partial charge in [0.2, 0.25) is 5.91 Å². The molecular formula is C56H86N6O8. The van der Waals surface area contributed by atoms with E-state index in [9.17, 15) is 34.2 Å². The van der Waals surface area contributed by atoms with Crippen molar-refractivity contribution >= 4 is 40.8 Å². The van der Waals surface area contributed by atoms with Crippen molar-refractivity contribution in [1.29, 1.82) is 0 Å². The van der Waals surface area contributed by atoms with Crippen molar-refractivity contribution in [3.63, 3.8) is 0 Å². The predicted molar refractivity (Wildman–Crippen MR) is 267 cm³/mol. The van der Waals surface area contributed by atoms with E-state index in [1.54, 1.807) is 34.2 Å². The number of esters is 2. The lowest BCUT2D eigenvalue weighted by molar-refractivity contribution is -0.156. The lowest BCUT2D eigenvalue weighted by atomic mass is 9.44. The number of hydrogen-bond donors (Lipinski definition) is 4. The van der Waals surface area contributed by atoms with Gasteiger partial charge in [0.15, 0.2) is 11.6 Å². The lowest BCUT2D eigenvalue weighted by Gasteiger charge is -2.61. The maximum absolute atomic E-state index is 13.5. The number of rotatable bonds is 7. The highest BCUT2D eigenvalue weighted by Gasteiger charge is 2.63. The highest BCUT2D eigenvalue weighted by Crippen LogP contribution is 2.70. The van der Waals surface area contributed by atoms with Crippen molar-refractivity contribution < 1.29 is 38.9 Å². The molecule has 0 unspecified atom stereocenters.